The molecular weight excluding hydrogens is 417 g/mol. The molecule has 0 aromatic heterocycles. The Morgan fingerprint density at radius 3 is 2.41 bits per heavy atom. The van der Waals surface area contributed by atoms with Gasteiger partial charge in [0, 0.05) is 25.8 Å². The zero-order chi connectivity index (χ0) is 23.4. The first-order valence-electron chi connectivity index (χ1n) is 10.1. The number of aliphatic hydroxyl groups is 1. The van der Waals surface area contributed by atoms with Crippen molar-refractivity contribution in [3.63, 3.8) is 0 Å². The number of Topliss-reactive ketones (excluding diaryl/α,β-unsaturated/α-hetero) is 1. The number of aryl methyl sites for hydroxylation is 1. The maximum atomic E-state index is 13.7. The predicted octanol–water partition coefficient (Wildman–Crippen LogP) is 3.61. The van der Waals surface area contributed by atoms with Gasteiger partial charge >= 0.3 is 0 Å². The third kappa shape index (κ3) is 4.31. The Kier molecular flexibility index (Phi) is 7.15. The lowest BCUT2D eigenvalue weighted by Crippen LogP contribution is -2.31. The molecule has 0 radical (unpaired) electrons. The van der Waals surface area contributed by atoms with Crippen molar-refractivity contribution >= 4 is 17.4 Å². The minimum atomic E-state index is -0.850. The highest BCUT2D eigenvalue weighted by Gasteiger charge is 2.46. The van der Waals surface area contributed by atoms with E-state index >= 15 is 0 Å². The van der Waals surface area contributed by atoms with Gasteiger partial charge < -0.3 is 24.2 Å². The van der Waals surface area contributed by atoms with E-state index in [0.29, 0.717) is 35.7 Å². The largest absolute Gasteiger partial charge is 0.507 e. The number of amides is 1. The maximum Gasteiger partial charge on any atom is 0.295 e. The summed E-state index contributed by atoms with van der Waals surface area (Å²) in [6.07, 6.45) is 0.503. The standard InChI is InChI=1S/C24H26FNO6/c1-14-12-16(6-8-17(14)25)22(27)20-21(15-7-9-18(31-3)19(13-15)32-4)26(10-5-11-30-2)24(29)23(20)28/h6-9,12-13,21,27H,5,10-11H2,1-4H3/b22-20-. The van der Waals surface area contributed by atoms with E-state index in [-0.39, 0.29) is 23.4 Å². The molecule has 7 nitrogen and oxygen atoms in total. The van der Waals surface area contributed by atoms with E-state index in [1.54, 1.807) is 32.2 Å². The van der Waals surface area contributed by atoms with Gasteiger partial charge in [0.05, 0.1) is 25.8 Å². The zero-order valence-electron chi connectivity index (χ0n) is 18.5. The van der Waals surface area contributed by atoms with E-state index < -0.39 is 23.5 Å². The normalized spacial score (nSPS) is 17.7. The minimum absolute atomic E-state index is 0.0642. The molecule has 8 heteroatoms. The molecule has 1 heterocycles. The molecule has 3 rings (SSSR count). The lowest BCUT2D eigenvalue weighted by Gasteiger charge is -2.26. The Labute approximate surface area is 186 Å². The number of hydrogen-bond donors (Lipinski definition) is 1. The quantitative estimate of drug-likeness (QED) is 0.290. The molecule has 32 heavy (non-hydrogen) atoms. The predicted molar refractivity (Wildman–Crippen MR) is 116 cm³/mol. The molecule has 1 amide bonds. The molecule has 1 aliphatic rings. The van der Waals surface area contributed by atoms with Gasteiger partial charge in [-0.3, -0.25) is 9.59 Å². The van der Waals surface area contributed by atoms with Gasteiger partial charge in [-0.15, -0.1) is 0 Å². The molecule has 1 fully saturated rings. The van der Waals surface area contributed by atoms with Crippen LogP contribution in [0.3, 0.4) is 0 Å². The number of ketones is 1. The molecule has 2 aromatic carbocycles. The fourth-order valence-electron chi connectivity index (χ4n) is 3.81. The van der Waals surface area contributed by atoms with Crippen molar-refractivity contribution in [3.8, 4) is 11.5 Å². The van der Waals surface area contributed by atoms with Gasteiger partial charge in [0.25, 0.3) is 11.7 Å². The summed E-state index contributed by atoms with van der Waals surface area (Å²) in [6, 6.07) is 8.23. The average molecular weight is 443 g/mol. The summed E-state index contributed by atoms with van der Waals surface area (Å²) in [5.74, 6) is -1.41. The van der Waals surface area contributed by atoms with Gasteiger partial charge in [0.2, 0.25) is 0 Å². The molecule has 0 spiro atoms. The minimum Gasteiger partial charge on any atom is -0.507 e. The van der Waals surface area contributed by atoms with Crippen LogP contribution in [0.5, 0.6) is 11.5 Å². The van der Waals surface area contributed by atoms with E-state index in [1.807, 2.05) is 0 Å². The van der Waals surface area contributed by atoms with Crippen LogP contribution >= 0.6 is 0 Å². The molecule has 0 bridgehead atoms. The zero-order valence-corrected chi connectivity index (χ0v) is 18.5. The van der Waals surface area contributed by atoms with Crippen molar-refractivity contribution in [2.45, 2.75) is 19.4 Å². The summed E-state index contributed by atoms with van der Waals surface area (Å²) in [4.78, 5) is 27.3. The first-order chi connectivity index (χ1) is 15.3. The van der Waals surface area contributed by atoms with Crippen LogP contribution in [0.2, 0.25) is 0 Å². The first kappa shape index (κ1) is 23.3. The number of benzene rings is 2. The number of rotatable bonds is 8. The highest BCUT2D eigenvalue weighted by Crippen LogP contribution is 2.42. The van der Waals surface area contributed by atoms with Crippen molar-refractivity contribution in [2.75, 3.05) is 34.5 Å². The molecule has 170 valence electrons. The Bertz CT molecular complexity index is 1060. The SMILES string of the molecule is COCCCN1C(=O)C(=O)/C(=C(\O)c2ccc(F)c(C)c2)C1c1ccc(OC)c(OC)c1. The molecule has 1 aliphatic heterocycles. The number of likely N-dealkylation sites (tertiary alicyclic amines) is 1. The van der Waals surface area contributed by atoms with Crippen LogP contribution in [0, 0.1) is 12.7 Å². The monoisotopic (exact) mass is 443 g/mol. The number of carbonyl (C=O) groups excluding carboxylic acids is 2. The molecular formula is C24H26FNO6. The summed E-state index contributed by atoms with van der Waals surface area (Å²) in [6.45, 7) is 2.21. The van der Waals surface area contributed by atoms with E-state index in [4.69, 9.17) is 14.2 Å². The number of hydrogen-bond acceptors (Lipinski definition) is 6. The third-order valence-electron chi connectivity index (χ3n) is 5.44. The smallest absolute Gasteiger partial charge is 0.295 e. The van der Waals surface area contributed by atoms with Crippen LogP contribution in [0.25, 0.3) is 5.76 Å². The number of ether oxygens (including phenoxy) is 3. The number of halogens is 1. The fraction of sp³-hybridized carbons (Fsp3) is 0.333. The third-order valence-corrected chi connectivity index (χ3v) is 5.44. The van der Waals surface area contributed by atoms with Gasteiger partial charge in [-0.05, 0) is 54.8 Å². The topological polar surface area (TPSA) is 85.3 Å². The fourth-order valence-corrected chi connectivity index (χ4v) is 3.81. The van der Waals surface area contributed by atoms with Gasteiger partial charge in [-0.25, -0.2) is 4.39 Å². The molecule has 2 aromatic rings. The van der Waals surface area contributed by atoms with Crippen LogP contribution in [-0.4, -0.2) is 56.2 Å². The van der Waals surface area contributed by atoms with Crippen LogP contribution in [0.15, 0.2) is 42.0 Å². The Balaban J connectivity index is 2.18. The van der Waals surface area contributed by atoms with Crippen LogP contribution < -0.4 is 9.47 Å². The molecule has 0 aliphatic carbocycles. The van der Waals surface area contributed by atoms with Gasteiger partial charge in [-0.2, -0.15) is 0 Å². The second-order valence-electron chi connectivity index (χ2n) is 7.42. The van der Waals surface area contributed by atoms with Gasteiger partial charge in [0.1, 0.15) is 11.6 Å². The Hall–Kier alpha value is -3.39. The highest BCUT2D eigenvalue weighted by molar-refractivity contribution is 6.46. The van der Waals surface area contributed by atoms with E-state index in [2.05, 4.69) is 0 Å². The Morgan fingerprint density at radius 1 is 1.06 bits per heavy atom. The lowest BCUT2D eigenvalue weighted by molar-refractivity contribution is -0.140. The summed E-state index contributed by atoms with van der Waals surface area (Å²) < 4.78 is 29.5. The number of methoxy groups -OCH3 is 3. The molecule has 0 saturated carbocycles. The average Bonchev–Trinajstić information content (AvgIpc) is 3.05. The van der Waals surface area contributed by atoms with Crippen LogP contribution in [0.1, 0.15) is 29.2 Å². The second-order valence-corrected chi connectivity index (χ2v) is 7.42. The van der Waals surface area contributed by atoms with Crippen molar-refractivity contribution < 1.29 is 33.3 Å². The van der Waals surface area contributed by atoms with Crippen molar-refractivity contribution in [2.24, 2.45) is 0 Å². The maximum absolute atomic E-state index is 13.7. The van der Waals surface area contributed by atoms with Crippen LogP contribution in [-0.2, 0) is 14.3 Å². The second kappa shape index (κ2) is 9.82. The van der Waals surface area contributed by atoms with Crippen molar-refractivity contribution in [1.29, 1.82) is 0 Å². The van der Waals surface area contributed by atoms with Crippen molar-refractivity contribution in [3.05, 3.63) is 64.5 Å². The number of carbonyl (C=O) groups is 2. The van der Waals surface area contributed by atoms with Gasteiger partial charge in [0.15, 0.2) is 11.5 Å². The van der Waals surface area contributed by atoms with E-state index in [9.17, 15) is 19.1 Å². The lowest BCUT2D eigenvalue weighted by atomic mass is 9.94. The summed E-state index contributed by atoms with van der Waals surface area (Å²) in [5.41, 5.74) is 1.07. The summed E-state index contributed by atoms with van der Waals surface area (Å²) in [5, 5.41) is 11.0. The number of nitrogens with zero attached hydrogens (tertiary/aromatic N) is 1. The molecule has 1 saturated heterocycles. The molecule has 1 N–H and O–H groups in total. The molecule has 1 atom stereocenters. The summed E-state index contributed by atoms with van der Waals surface area (Å²) in [7, 11) is 4.54. The summed E-state index contributed by atoms with van der Waals surface area (Å²) >= 11 is 0. The Morgan fingerprint density at radius 2 is 1.78 bits per heavy atom. The van der Waals surface area contributed by atoms with Gasteiger partial charge in [-0.1, -0.05) is 6.07 Å². The van der Waals surface area contributed by atoms with Crippen LogP contribution in [0.4, 0.5) is 4.39 Å². The first-order valence-corrected chi connectivity index (χ1v) is 10.1. The van der Waals surface area contributed by atoms with E-state index in [1.165, 1.54) is 37.3 Å². The molecule has 1 unspecified atom stereocenters. The number of aliphatic hydroxyl groups excluding tert-OH is 1. The highest BCUT2D eigenvalue weighted by atomic mass is 19.1. The van der Waals surface area contributed by atoms with E-state index in [0.717, 1.165) is 0 Å². The van der Waals surface area contributed by atoms with Crippen molar-refractivity contribution in [1.82, 2.24) is 4.90 Å².